The van der Waals surface area contributed by atoms with Crippen LogP contribution in [0, 0.1) is 0 Å². The van der Waals surface area contributed by atoms with Crippen LogP contribution in [-0.2, 0) is 4.79 Å². The van der Waals surface area contributed by atoms with Gasteiger partial charge in [-0.3, -0.25) is 9.78 Å². The van der Waals surface area contributed by atoms with Gasteiger partial charge in [0.2, 0.25) is 5.91 Å². The highest BCUT2D eigenvalue weighted by molar-refractivity contribution is 5.81. The third-order valence-electron chi connectivity index (χ3n) is 4.95. The first kappa shape index (κ1) is 15.2. The minimum Gasteiger partial charge on any atom is -0.349 e. The SMILES string of the molecule is CN(CC(=O)N1CCCC1C1CCCN1C)c1cnccn1. The molecule has 0 spiro atoms. The Morgan fingerprint density at radius 2 is 2.05 bits per heavy atom. The molecule has 1 aromatic rings. The number of carbonyl (C=O) groups excluding carboxylic acids is 1. The number of anilines is 1. The first-order chi connectivity index (χ1) is 10.7. The van der Waals surface area contributed by atoms with Crippen molar-refractivity contribution in [3.63, 3.8) is 0 Å². The van der Waals surface area contributed by atoms with E-state index in [1.807, 2.05) is 11.9 Å². The Hall–Kier alpha value is -1.69. The van der Waals surface area contributed by atoms with E-state index in [4.69, 9.17) is 0 Å². The lowest BCUT2D eigenvalue weighted by molar-refractivity contribution is -0.131. The summed E-state index contributed by atoms with van der Waals surface area (Å²) >= 11 is 0. The number of nitrogens with zero attached hydrogens (tertiary/aromatic N) is 5. The number of likely N-dealkylation sites (N-methyl/N-ethyl adjacent to an activating group) is 2. The van der Waals surface area contributed by atoms with Crippen molar-refractivity contribution < 1.29 is 4.79 Å². The van der Waals surface area contributed by atoms with Crippen molar-refractivity contribution in [2.24, 2.45) is 0 Å². The molecule has 0 aromatic carbocycles. The van der Waals surface area contributed by atoms with Crippen molar-refractivity contribution in [3.05, 3.63) is 18.6 Å². The molecule has 2 unspecified atom stereocenters. The Bertz CT molecular complexity index is 509. The second-order valence-electron chi connectivity index (χ2n) is 6.41. The molecule has 2 fully saturated rings. The number of hydrogen-bond acceptors (Lipinski definition) is 5. The van der Waals surface area contributed by atoms with Gasteiger partial charge in [0, 0.05) is 38.1 Å². The van der Waals surface area contributed by atoms with E-state index in [0.717, 1.165) is 31.7 Å². The van der Waals surface area contributed by atoms with Crippen LogP contribution in [0.3, 0.4) is 0 Å². The second-order valence-corrected chi connectivity index (χ2v) is 6.41. The third kappa shape index (κ3) is 3.06. The van der Waals surface area contributed by atoms with Crippen LogP contribution in [0.15, 0.2) is 18.6 Å². The number of rotatable bonds is 4. The fourth-order valence-corrected chi connectivity index (χ4v) is 3.79. The molecule has 22 heavy (non-hydrogen) atoms. The maximum Gasteiger partial charge on any atom is 0.242 e. The fourth-order valence-electron chi connectivity index (χ4n) is 3.79. The number of amides is 1. The molecule has 2 saturated heterocycles. The van der Waals surface area contributed by atoms with Crippen LogP contribution in [0.5, 0.6) is 0 Å². The van der Waals surface area contributed by atoms with E-state index in [1.54, 1.807) is 18.6 Å². The number of carbonyl (C=O) groups is 1. The zero-order valence-corrected chi connectivity index (χ0v) is 13.5. The summed E-state index contributed by atoms with van der Waals surface area (Å²) in [5.41, 5.74) is 0. The minimum absolute atomic E-state index is 0.205. The normalized spacial score (nSPS) is 25.6. The Morgan fingerprint density at radius 1 is 1.27 bits per heavy atom. The molecule has 2 aliphatic rings. The molecule has 0 bridgehead atoms. The van der Waals surface area contributed by atoms with Crippen molar-refractivity contribution >= 4 is 11.7 Å². The van der Waals surface area contributed by atoms with Crippen molar-refractivity contribution in [2.75, 3.05) is 38.6 Å². The maximum atomic E-state index is 12.7. The number of hydrogen-bond donors (Lipinski definition) is 0. The predicted octanol–water partition coefficient (Wildman–Crippen LogP) is 0.998. The van der Waals surface area contributed by atoms with Gasteiger partial charge in [-0.15, -0.1) is 0 Å². The van der Waals surface area contributed by atoms with Crippen LogP contribution in [-0.4, -0.2) is 71.5 Å². The van der Waals surface area contributed by atoms with E-state index in [-0.39, 0.29) is 5.91 Å². The Balaban J connectivity index is 1.63. The van der Waals surface area contributed by atoms with Crippen molar-refractivity contribution in [3.8, 4) is 0 Å². The first-order valence-electron chi connectivity index (χ1n) is 8.13. The van der Waals surface area contributed by atoms with Gasteiger partial charge in [0.25, 0.3) is 0 Å². The summed E-state index contributed by atoms with van der Waals surface area (Å²) < 4.78 is 0. The van der Waals surface area contributed by atoms with Crippen molar-refractivity contribution in [1.29, 1.82) is 0 Å². The molecule has 3 heterocycles. The zero-order valence-electron chi connectivity index (χ0n) is 13.5. The predicted molar refractivity (Wildman–Crippen MR) is 85.7 cm³/mol. The Labute approximate surface area is 132 Å². The minimum atomic E-state index is 0.205. The van der Waals surface area contributed by atoms with Crippen molar-refractivity contribution in [1.82, 2.24) is 19.8 Å². The second kappa shape index (κ2) is 6.60. The average Bonchev–Trinajstić information content (AvgIpc) is 3.16. The van der Waals surface area contributed by atoms with E-state index in [1.165, 1.54) is 12.8 Å². The van der Waals surface area contributed by atoms with Crippen LogP contribution in [0.2, 0.25) is 0 Å². The van der Waals surface area contributed by atoms with Gasteiger partial charge in [0.05, 0.1) is 12.7 Å². The van der Waals surface area contributed by atoms with Gasteiger partial charge in [0.15, 0.2) is 0 Å². The highest BCUT2D eigenvalue weighted by Crippen LogP contribution is 2.29. The number of aromatic nitrogens is 2. The maximum absolute atomic E-state index is 12.7. The summed E-state index contributed by atoms with van der Waals surface area (Å²) in [6.07, 6.45) is 9.71. The molecule has 1 amide bonds. The summed E-state index contributed by atoms with van der Waals surface area (Å²) in [7, 11) is 4.08. The van der Waals surface area contributed by atoms with Gasteiger partial charge in [-0.05, 0) is 39.3 Å². The first-order valence-corrected chi connectivity index (χ1v) is 8.13. The van der Waals surface area contributed by atoms with Crippen LogP contribution in [0.4, 0.5) is 5.82 Å². The van der Waals surface area contributed by atoms with E-state index in [2.05, 4.69) is 26.8 Å². The lowest BCUT2D eigenvalue weighted by Crippen LogP contribution is -2.49. The zero-order chi connectivity index (χ0) is 15.5. The van der Waals surface area contributed by atoms with Crippen molar-refractivity contribution in [2.45, 2.75) is 37.8 Å². The van der Waals surface area contributed by atoms with Gasteiger partial charge in [-0.2, -0.15) is 0 Å². The van der Waals surface area contributed by atoms with E-state index < -0.39 is 0 Å². The molecule has 6 heteroatoms. The smallest absolute Gasteiger partial charge is 0.242 e. The molecule has 0 radical (unpaired) electrons. The molecule has 3 rings (SSSR count). The molecular formula is C16H25N5O. The summed E-state index contributed by atoms with van der Waals surface area (Å²) in [4.78, 5) is 27.4. The monoisotopic (exact) mass is 303 g/mol. The van der Waals surface area contributed by atoms with Crippen LogP contribution in [0.25, 0.3) is 0 Å². The number of likely N-dealkylation sites (tertiary alicyclic amines) is 2. The van der Waals surface area contributed by atoms with Gasteiger partial charge >= 0.3 is 0 Å². The lowest BCUT2D eigenvalue weighted by atomic mass is 10.0. The Morgan fingerprint density at radius 3 is 2.73 bits per heavy atom. The standard InChI is InChI=1S/C16H25N5O/c1-19-9-3-5-13(19)14-6-4-10-21(14)16(22)12-20(2)15-11-17-7-8-18-15/h7-8,11,13-14H,3-6,9-10,12H2,1-2H3. The molecule has 120 valence electrons. The Kier molecular flexibility index (Phi) is 4.57. The topological polar surface area (TPSA) is 52.6 Å². The lowest BCUT2D eigenvalue weighted by Gasteiger charge is -2.34. The van der Waals surface area contributed by atoms with Gasteiger partial charge in [-0.1, -0.05) is 0 Å². The van der Waals surface area contributed by atoms with E-state index in [9.17, 15) is 4.79 Å². The summed E-state index contributed by atoms with van der Waals surface area (Å²) in [5, 5.41) is 0. The molecule has 0 aliphatic carbocycles. The summed E-state index contributed by atoms with van der Waals surface area (Å²) in [6.45, 7) is 2.41. The molecule has 0 N–H and O–H groups in total. The quantitative estimate of drug-likeness (QED) is 0.830. The fraction of sp³-hybridized carbons (Fsp3) is 0.688. The summed E-state index contributed by atoms with van der Waals surface area (Å²) in [6, 6.07) is 0.920. The molecule has 0 saturated carbocycles. The van der Waals surface area contributed by atoms with E-state index in [0.29, 0.717) is 18.6 Å². The summed E-state index contributed by atoms with van der Waals surface area (Å²) in [5.74, 6) is 0.945. The van der Waals surface area contributed by atoms with Crippen LogP contribution < -0.4 is 4.90 Å². The molecular weight excluding hydrogens is 278 g/mol. The van der Waals surface area contributed by atoms with Gasteiger partial charge < -0.3 is 14.7 Å². The van der Waals surface area contributed by atoms with Gasteiger partial charge in [-0.25, -0.2) is 4.98 Å². The highest BCUT2D eigenvalue weighted by atomic mass is 16.2. The van der Waals surface area contributed by atoms with Crippen LogP contribution >= 0.6 is 0 Å². The third-order valence-corrected chi connectivity index (χ3v) is 4.95. The van der Waals surface area contributed by atoms with Gasteiger partial charge in [0.1, 0.15) is 5.82 Å². The van der Waals surface area contributed by atoms with E-state index >= 15 is 0 Å². The molecule has 2 atom stereocenters. The average molecular weight is 303 g/mol. The molecule has 6 nitrogen and oxygen atoms in total. The molecule has 1 aromatic heterocycles. The molecule has 2 aliphatic heterocycles. The highest BCUT2D eigenvalue weighted by Gasteiger charge is 2.38. The largest absolute Gasteiger partial charge is 0.349 e. The van der Waals surface area contributed by atoms with Crippen LogP contribution in [0.1, 0.15) is 25.7 Å².